The van der Waals surface area contributed by atoms with Crippen LogP contribution in [0.1, 0.15) is 35.1 Å². The number of benzene rings is 3. The van der Waals surface area contributed by atoms with E-state index in [-0.39, 0.29) is 22.8 Å². The minimum atomic E-state index is -4.45. The van der Waals surface area contributed by atoms with Gasteiger partial charge in [-0.05, 0) is 92.6 Å². The summed E-state index contributed by atoms with van der Waals surface area (Å²) >= 11 is 0. The van der Waals surface area contributed by atoms with Gasteiger partial charge in [-0.25, -0.2) is 9.37 Å². The molecule has 1 aliphatic heterocycles. The summed E-state index contributed by atoms with van der Waals surface area (Å²) in [5.74, 6) is -0.0654. The van der Waals surface area contributed by atoms with Crippen molar-refractivity contribution in [2.75, 3.05) is 20.6 Å². The summed E-state index contributed by atoms with van der Waals surface area (Å²) in [5.41, 5.74) is 2.42. The molecule has 8 heteroatoms. The Morgan fingerprint density at radius 2 is 1.77 bits per heavy atom. The van der Waals surface area contributed by atoms with Gasteiger partial charge in [-0.15, -0.1) is 0 Å². The van der Waals surface area contributed by atoms with Gasteiger partial charge < -0.3 is 14.1 Å². The molecule has 0 aliphatic carbocycles. The number of hydrogen-bond acceptors (Lipinski definition) is 4. The molecule has 0 N–H and O–H groups in total. The van der Waals surface area contributed by atoms with E-state index in [2.05, 4.69) is 9.88 Å². The minimum absolute atomic E-state index is 0.149. The van der Waals surface area contributed by atoms with Gasteiger partial charge in [0.1, 0.15) is 16.9 Å². The SMILES string of the molecule is CN(C)CCCC1(c2ccc(F)cc2)OCc2cc(-c3nc4cc(C(F)(F)F)ccc4o3)ccc21. The van der Waals surface area contributed by atoms with Crippen LogP contribution in [0.4, 0.5) is 17.6 Å². The molecule has 2 heterocycles. The highest BCUT2D eigenvalue weighted by Gasteiger charge is 2.41. The zero-order valence-corrected chi connectivity index (χ0v) is 19.3. The third-order valence-corrected chi connectivity index (χ3v) is 6.42. The lowest BCUT2D eigenvalue weighted by Gasteiger charge is -2.31. The molecule has 182 valence electrons. The molecular formula is C27H24F4N2O2. The monoisotopic (exact) mass is 484 g/mol. The molecule has 4 aromatic rings. The van der Waals surface area contributed by atoms with E-state index in [1.807, 2.05) is 32.3 Å². The van der Waals surface area contributed by atoms with Crippen LogP contribution in [0.15, 0.2) is 65.1 Å². The second kappa shape index (κ2) is 8.77. The fourth-order valence-corrected chi connectivity index (χ4v) is 4.70. The Hall–Kier alpha value is -3.23. The first-order chi connectivity index (χ1) is 16.7. The van der Waals surface area contributed by atoms with Crippen LogP contribution < -0.4 is 0 Å². The molecule has 0 bridgehead atoms. The van der Waals surface area contributed by atoms with Crippen molar-refractivity contribution < 1.29 is 26.7 Å². The van der Waals surface area contributed by atoms with Crippen LogP contribution in [0.3, 0.4) is 0 Å². The van der Waals surface area contributed by atoms with Crippen molar-refractivity contribution in [1.82, 2.24) is 9.88 Å². The van der Waals surface area contributed by atoms with E-state index in [1.54, 1.807) is 12.1 Å². The van der Waals surface area contributed by atoms with E-state index in [0.717, 1.165) is 41.8 Å². The Morgan fingerprint density at radius 3 is 2.49 bits per heavy atom. The van der Waals surface area contributed by atoms with Gasteiger partial charge in [-0.1, -0.05) is 18.2 Å². The fourth-order valence-electron chi connectivity index (χ4n) is 4.70. The summed E-state index contributed by atoms with van der Waals surface area (Å²) in [7, 11) is 4.02. The molecule has 0 amide bonds. The molecule has 0 fully saturated rings. The number of halogens is 4. The van der Waals surface area contributed by atoms with Crippen molar-refractivity contribution in [2.24, 2.45) is 0 Å². The molecule has 1 aromatic heterocycles. The molecule has 3 aromatic carbocycles. The molecule has 1 aliphatic rings. The summed E-state index contributed by atoms with van der Waals surface area (Å²) in [6.07, 6.45) is -2.86. The number of alkyl halides is 3. The molecule has 35 heavy (non-hydrogen) atoms. The maximum absolute atomic E-state index is 13.6. The van der Waals surface area contributed by atoms with Crippen LogP contribution in [0.25, 0.3) is 22.6 Å². The molecular weight excluding hydrogens is 460 g/mol. The lowest BCUT2D eigenvalue weighted by atomic mass is 9.81. The van der Waals surface area contributed by atoms with Gasteiger partial charge in [0, 0.05) is 5.56 Å². The lowest BCUT2D eigenvalue weighted by Crippen LogP contribution is -2.28. The van der Waals surface area contributed by atoms with Crippen LogP contribution >= 0.6 is 0 Å². The molecule has 0 saturated carbocycles. The van der Waals surface area contributed by atoms with Gasteiger partial charge in [0.25, 0.3) is 0 Å². The van der Waals surface area contributed by atoms with E-state index in [9.17, 15) is 17.6 Å². The van der Waals surface area contributed by atoms with Crippen molar-refractivity contribution in [3.8, 4) is 11.5 Å². The average molecular weight is 484 g/mol. The van der Waals surface area contributed by atoms with Gasteiger partial charge in [0.15, 0.2) is 5.58 Å². The van der Waals surface area contributed by atoms with Crippen LogP contribution in [0.5, 0.6) is 0 Å². The Morgan fingerprint density at radius 1 is 1.00 bits per heavy atom. The zero-order valence-electron chi connectivity index (χ0n) is 19.3. The number of hydrogen-bond donors (Lipinski definition) is 0. The minimum Gasteiger partial charge on any atom is -0.436 e. The molecule has 0 radical (unpaired) electrons. The smallest absolute Gasteiger partial charge is 0.416 e. The van der Waals surface area contributed by atoms with E-state index in [4.69, 9.17) is 9.15 Å². The summed E-state index contributed by atoms with van der Waals surface area (Å²) in [6.45, 7) is 1.23. The number of oxazole rings is 1. The van der Waals surface area contributed by atoms with Gasteiger partial charge in [0.2, 0.25) is 5.89 Å². The lowest BCUT2D eigenvalue weighted by molar-refractivity contribution is -0.137. The Bertz CT molecular complexity index is 1360. The average Bonchev–Trinajstić information content (AvgIpc) is 3.40. The zero-order chi connectivity index (χ0) is 24.8. The number of rotatable bonds is 6. The quantitative estimate of drug-likeness (QED) is 0.283. The fraction of sp³-hybridized carbons (Fsp3) is 0.296. The Labute approximate surface area is 200 Å². The van der Waals surface area contributed by atoms with E-state index >= 15 is 0 Å². The van der Waals surface area contributed by atoms with E-state index < -0.39 is 17.3 Å². The summed E-state index contributed by atoms with van der Waals surface area (Å²) in [4.78, 5) is 6.41. The predicted octanol–water partition coefficient (Wildman–Crippen LogP) is 6.77. The maximum Gasteiger partial charge on any atom is 0.416 e. The molecule has 1 unspecified atom stereocenters. The summed E-state index contributed by atoms with van der Waals surface area (Å²) in [5, 5.41) is 0. The normalized spacial score (nSPS) is 17.9. The number of aromatic nitrogens is 1. The van der Waals surface area contributed by atoms with Gasteiger partial charge in [0.05, 0.1) is 12.2 Å². The predicted molar refractivity (Wildman–Crippen MR) is 124 cm³/mol. The molecule has 0 saturated heterocycles. The van der Waals surface area contributed by atoms with Crippen molar-refractivity contribution in [2.45, 2.75) is 31.2 Å². The van der Waals surface area contributed by atoms with Crippen molar-refractivity contribution in [1.29, 1.82) is 0 Å². The van der Waals surface area contributed by atoms with Gasteiger partial charge in [-0.2, -0.15) is 13.2 Å². The van der Waals surface area contributed by atoms with E-state index in [0.29, 0.717) is 18.6 Å². The topological polar surface area (TPSA) is 38.5 Å². The van der Waals surface area contributed by atoms with Crippen LogP contribution in [-0.4, -0.2) is 30.5 Å². The summed E-state index contributed by atoms with van der Waals surface area (Å²) in [6, 6.07) is 15.3. The highest BCUT2D eigenvalue weighted by atomic mass is 19.4. The highest BCUT2D eigenvalue weighted by Crippen LogP contribution is 2.46. The van der Waals surface area contributed by atoms with Crippen molar-refractivity contribution >= 4 is 11.1 Å². The first kappa shape index (κ1) is 23.5. The second-order valence-electron chi connectivity index (χ2n) is 9.10. The number of nitrogens with zero attached hydrogens (tertiary/aromatic N) is 2. The van der Waals surface area contributed by atoms with Crippen LogP contribution in [-0.2, 0) is 23.1 Å². The standard InChI is InChI=1S/C27H24F4N2O2/c1-33(2)13-3-12-26(19-5-8-21(28)9-6-19)22-10-4-17(14-18(22)16-34-26)25-32-23-15-20(27(29,30)31)7-11-24(23)35-25/h4-11,14-15H,3,12-13,16H2,1-2H3. The van der Waals surface area contributed by atoms with Crippen molar-refractivity contribution in [3.63, 3.8) is 0 Å². The summed E-state index contributed by atoms with van der Waals surface area (Å²) < 4.78 is 65.0. The van der Waals surface area contributed by atoms with Gasteiger partial charge >= 0.3 is 6.18 Å². The first-order valence-electron chi connectivity index (χ1n) is 11.3. The first-order valence-corrected chi connectivity index (χ1v) is 11.3. The van der Waals surface area contributed by atoms with E-state index in [1.165, 1.54) is 18.2 Å². The maximum atomic E-state index is 13.6. The highest BCUT2D eigenvalue weighted by molar-refractivity contribution is 5.77. The Balaban J connectivity index is 1.52. The number of ether oxygens (including phenoxy) is 1. The molecule has 4 nitrogen and oxygen atoms in total. The second-order valence-corrected chi connectivity index (χ2v) is 9.10. The third kappa shape index (κ3) is 4.44. The molecule has 0 spiro atoms. The van der Waals surface area contributed by atoms with Gasteiger partial charge in [-0.3, -0.25) is 0 Å². The largest absolute Gasteiger partial charge is 0.436 e. The van der Waals surface area contributed by atoms with Crippen LogP contribution in [0, 0.1) is 5.82 Å². The third-order valence-electron chi connectivity index (χ3n) is 6.42. The molecule has 1 atom stereocenters. The van der Waals surface area contributed by atoms with Crippen molar-refractivity contribution in [3.05, 3.63) is 88.7 Å². The van der Waals surface area contributed by atoms with Crippen LogP contribution in [0.2, 0.25) is 0 Å². The molecule has 5 rings (SSSR count). The Kier molecular flexibility index (Phi) is 5.89. The number of fused-ring (bicyclic) bond motifs is 2.